The van der Waals surface area contributed by atoms with E-state index >= 15 is 0 Å². The molecule has 0 radical (unpaired) electrons. The Morgan fingerprint density at radius 3 is 2.17 bits per heavy atom. The molecule has 14 heteroatoms. The molecule has 246 valence electrons. The van der Waals surface area contributed by atoms with Gasteiger partial charge in [-0.2, -0.15) is 26.3 Å². The van der Waals surface area contributed by atoms with E-state index < -0.39 is 78.6 Å². The molecule has 4 atom stereocenters. The van der Waals surface area contributed by atoms with Gasteiger partial charge in [0.15, 0.2) is 0 Å². The van der Waals surface area contributed by atoms with Gasteiger partial charge in [-0.1, -0.05) is 37.1 Å². The average Bonchev–Trinajstić information content (AvgIpc) is 3.24. The van der Waals surface area contributed by atoms with Crippen molar-refractivity contribution in [1.29, 1.82) is 0 Å². The summed E-state index contributed by atoms with van der Waals surface area (Å²) < 4.78 is 87.4. The zero-order chi connectivity index (χ0) is 33.6. The Morgan fingerprint density at radius 1 is 0.978 bits per heavy atom. The third kappa shape index (κ3) is 6.74. The second-order valence-corrected chi connectivity index (χ2v) is 11.9. The lowest BCUT2D eigenvalue weighted by atomic mass is 9.58. The molecule has 0 saturated carbocycles. The lowest BCUT2D eigenvalue weighted by Crippen LogP contribution is -2.46. The summed E-state index contributed by atoms with van der Waals surface area (Å²) in [5.41, 5.74) is -1.34. The van der Waals surface area contributed by atoms with Crippen molar-refractivity contribution in [2.45, 2.75) is 63.8 Å². The van der Waals surface area contributed by atoms with Crippen molar-refractivity contribution in [3.05, 3.63) is 75.9 Å². The smallest absolute Gasteiger partial charge is 0.455 e. The van der Waals surface area contributed by atoms with E-state index in [9.17, 15) is 51.2 Å². The quantitative estimate of drug-likeness (QED) is 0.132. The van der Waals surface area contributed by atoms with Crippen LogP contribution in [0, 0.1) is 17.8 Å². The number of phenols is 1. The predicted octanol–water partition coefficient (Wildman–Crippen LogP) is 6.39. The van der Waals surface area contributed by atoms with Crippen LogP contribution in [0.15, 0.2) is 59.2 Å². The molecule has 5 rings (SSSR count). The van der Waals surface area contributed by atoms with E-state index in [1.165, 1.54) is 0 Å². The molecule has 1 aliphatic carbocycles. The fraction of sp³-hybridized carbons (Fsp3) is 0.438. The molecule has 2 aromatic rings. The average molecular weight is 651 g/mol. The summed E-state index contributed by atoms with van der Waals surface area (Å²) in [5, 5.41) is 30.6. The van der Waals surface area contributed by atoms with Crippen molar-refractivity contribution in [2.24, 2.45) is 17.8 Å². The Morgan fingerprint density at radius 2 is 1.61 bits per heavy atom. The SMILES string of the molecule is CCC/C(=C\c1ccc(O)cc1)CC[C@H]1OB(O)C[C@H]2C1=C(CO)C[C@H]1C(=O)N(c3cc(C(F)(F)F)cc(C(F)(F)F)c3)C(=O)[C@H]12. The van der Waals surface area contributed by atoms with Gasteiger partial charge in [0, 0.05) is 0 Å². The molecule has 2 aliphatic heterocycles. The van der Waals surface area contributed by atoms with Crippen LogP contribution in [-0.2, 0) is 26.6 Å². The fourth-order valence-electron chi connectivity index (χ4n) is 6.95. The number of anilines is 1. The number of nitrogens with zero attached hydrogens (tertiary/aromatic N) is 1. The third-order valence-corrected chi connectivity index (χ3v) is 8.89. The molecular formula is C32H32BF6NO6. The van der Waals surface area contributed by atoms with Gasteiger partial charge in [-0.25, -0.2) is 4.90 Å². The number of carbonyl (C=O) groups is 2. The topological polar surface area (TPSA) is 107 Å². The highest BCUT2D eigenvalue weighted by Crippen LogP contribution is 2.52. The summed E-state index contributed by atoms with van der Waals surface area (Å²) >= 11 is 0. The zero-order valence-corrected chi connectivity index (χ0v) is 24.7. The monoisotopic (exact) mass is 651 g/mol. The largest absolute Gasteiger partial charge is 0.508 e. The number of amides is 2. The minimum absolute atomic E-state index is 0.0760. The summed E-state index contributed by atoms with van der Waals surface area (Å²) in [7, 11) is -1.37. The maximum Gasteiger partial charge on any atom is 0.455 e. The van der Waals surface area contributed by atoms with Crippen molar-refractivity contribution in [3.63, 3.8) is 0 Å². The van der Waals surface area contributed by atoms with Gasteiger partial charge in [0.1, 0.15) is 5.75 Å². The Bertz CT molecular complexity index is 1520. The van der Waals surface area contributed by atoms with Crippen LogP contribution >= 0.6 is 0 Å². The van der Waals surface area contributed by atoms with Crippen LogP contribution in [0.3, 0.4) is 0 Å². The molecule has 3 N–H and O–H groups in total. The number of aromatic hydroxyl groups is 1. The molecule has 7 nitrogen and oxygen atoms in total. The molecule has 46 heavy (non-hydrogen) atoms. The Hall–Kier alpha value is -3.62. The van der Waals surface area contributed by atoms with Crippen LogP contribution in [0.2, 0.25) is 6.32 Å². The first-order valence-corrected chi connectivity index (χ1v) is 14.9. The maximum atomic E-state index is 13.8. The molecule has 2 aromatic carbocycles. The van der Waals surface area contributed by atoms with Crippen LogP contribution in [0.25, 0.3) is 6.08 Å². The Labute approximate surface area is 261 Å². The highest BCUT2D eigenvalue weighted by Gasteiger charge is 2.58. The number of imide groups is 1. The highest BCUT2D eigenvalue weighted by molar-refractivity contribution is 6.43. The minimum atomic E-state index is -5.18. The summed E-state index contributed by atoms with van der Waals surface area (Å²) in [4.78, 5) is 27.8. The second kappa shape index (κ2) is 12.9. The van der Waals surface area contributed by atoms with E-state index in [1.807, 2.05) is 13.0 Å². The first-order chi connectivity index (χ1) is 21.6. The van der Waals surface area contributed by atoms with Gasteiger partial charge in [-0.05, 0) is 85.0 Å². The van der Waals surface area contributed by atoms with Crippen LogP contribution < -0.4 is 4.90 Å². The number of benzene rings is 2. The molecule has 0 unspecified atom stereocenters. The van der Waals surface area contributed by atoms with Gasteiger partial charge >= 0.3 is 19.5 Å². The molecule has 2 amide bonds. The third-order valence-electron chi connectivity index (χ3n) is 8.89. The van der Waals surface area contributed by atoms with Crippen molar-refractivity contribution in [3.8, 4) is 5.75 Å². The number of aliphatic hydroxyl groups is 1. The van der Waals surface area contributed by atoms with Crippen molar-refractivity contribution >= 4 is 30.7 Å². The van der Waals surface area contributed by atoms with Crippen LogP contribution in [-0.4, -0.2) is 46.9 Å². The predicted molar refractivity (Wildman–Crippen MR) is 156 cm³/mol. The van der Waals surface area contributed by atoms with Gasteiger partial charge in [-0.3, -0.25) is 9.59 Å². The highest BCUT2D eigenvalue weighted by atomic mass is 19.4. The molecule has 2 saturated heterocycles. The van der Waals surface area contributed by atoms with Gasteiger partial charge in [0.05, 0.1) is 41.4 Å². The number of hydrogen-bond donors (Lipinski definition) is 3. The van der Waals surface area contributed by atoms with E-state index in [1.54, 1.807) is 24.3 Å². The molecule has 0 aromatic heterocycles. The standard InChI is InChI=1S/C32H32BF6NO6/c1-2-3-17(10-18-4-7-23(42)8-5-18)6-9-26-27-19(16-41)11-24-28(25(27)15-33(45)46-26)30(44)40(29(24)43)22-13-20(31(34,35)36)12-21(14-22)32(37,38)39/h4-5,7-8,10,12-14,24-26,28,41-42,45H,2-3,6,9,11,15-16H2,1H3/b17-10+/t24-,25+,26-,28-/m1/s1. The number of carbonyl (C=O) groups excluding carboxylic acids is 2. The normalized spacial score (nSPS) is 24.1. The molecule has 3 aliphatic rings. The first-order valence-electron chi connectivity index (χ1n) is 14.9. The minimum Gasteiger partial charge on any atom is -0.508 e. The first kappa shape index (κ1) is 33.7. The molecule has 0 bridgehead atoms. The summed E-state index contributed by atoms with van der Waals surface area (Å²) in [6, 6.07) is 7.25. The van der Waals surface area contributed by atoms with Gasteiger partial charge in [-0.15, -0.1) is 0 Å². The summed E-state index contributed by atoms with van der Waals surface area (Å²) in [6.45, 7) is 1.49. The lowest BCUT2D eigenvalue weighted by Gasteiger charge is -2.43. The van der Waals surface area contributed by atoms with Crippen LogP contribution in [0.1, 0.15) is 55.7 Å². The number of fused-ring (bicyclic) bond motifs is 3. The summed E-state index contributed by atoms with van der Waals surface area (Å²) in [6.07, 6.45) is -7.05. The molecular weight excluding hydrogens is 619 g/mol. The maximum absolute atomic E-state index is 13.8. The van der Waals surface area contributed by atoms with E-state index in [2.05, 4.69) is 0 Å². The molecule has 2 heterocycles. The zero-order valence-electron chi connectivity index (χ0n) is 24.7. The number of phenolic OH excluding ortho intramolecular Hbond substituents is 1. The van der Waals surface area contributed by atoms with E-state index in [-0.39, 0.29) is 24.6 Å². The molecule has 0 spiro atoms. The van der Waals surface area contributed by atoms with Gasteiger partial charge in [0.25, 0.3) is 0 Å². The van der Waals surface area contributed by atoms with Crippen LogP contribution in [0.5, 0.6) is 5.75 Å². The number of halogens is 6. The Balaban J connectivity index is 1.47. The number of aliphatic hydroxyl groups excluding tert-OH is 1. The van der Waals surface area contributed by atoms with E-state index in [0.717, 1.165) is 24.0 Å². The van der Waals surface area contributed by atoms with Gasteiger partial charge < -0.3 is 19.9 Å². The van der Waals surface area contributed by atoms with Crippen LogP contribution in [0.4, 0.5) is 32.0 Å². The van der Waals surface area contributed by atoms with Crippen molar-refractivity contribution in [2.75, 3.05) is 11.5 Å². The number of allylic oxidation sites excluding steroid dienone is 1. The second-order valence-electron chi connectivity index (χ2n) is 11.9. The number of hydrogen-bond acceptors (Lipinski definition) is 6. The van der Waals surface area contributed by atoms with Gasteiger partial charge in [0.2, 0.25) is 11.8 Å². The fourth-order valence-corrected chi connectivity index (χ4v) is 6.95. The Kier molecular flexibility index (Phi) is 9.45. The van der Waals surface area contributed by atoms with E-state index in [4.69, 9.17) is 4.65 Å². The number of alkyl halides is 6. The number of rotatable bonds is 8. The molecule has 2 fully saturated rings. The summed E-state index contributed by atoms with van der Waals surface area (Å²) in [5.74, 6) is -4.97. The van der Waals surface area contributed by atoms with Crippen molar-refractivity contribution < 1.29 is 55.8 Å². The lowest BCUT2D eigenvalue weighted by molar-refractivity contribution is -0.143. The van der Waals surface area contributed by atoms with E-state index in [0.29, 0.717) is 41.0 Å². The van der Waals surface area contributed by atoms with Crippen molar-refractivity contribution in [1.82, 2.24) is 0 Å².